The van der Waals surface area contributed by atoms with Gasteiger partial charge in [-0.05, 0) is 0 Å². The van der Waals surface area contributed by atoms with E-state index in [1.165, 1.54) is 0 Å². The highest BCUT2D eigenvalue weighted by atomic mass is 19.4. The van der Waals surface area contributed by atoms with E-state index in [-0.39, 0.29) is 0 Å². The zero-order chi connectivity index (χ0) is 26.5. The van der Waals surface area contributed by atoms with Gasteiger partial charge in [-0.3, -0.25) is 0 Å². The minimum atomic E-state index is -8.73. The minimum Gasteiger partial charge on any atom is -0.232 e. The van der Waals surface area contributed by atoms with Crippen LogP contribution in [0.2, 0.25) is 0 Å². The predicted octanol–water partition coefficient (Wildman–Crippen LogP) is 6.15. The lowest BCUT2D eigenvalue weighted by Crippen LogP contribution is -2.93. The highest BCUT2D eigenvalue weighted by molar-refractivity contribution is 5.70. The molecule has 4 saturated carbocycles. The van der Waals surface area contributed by atoms with Gasteiger partial charge in [-0.25, -0.2) is 30.7 Å². The van der Waals surface area contributed by atoms with Crippen molar-refractivity contribution in [2.75, 3.05) is 0 Å². The molecule has 3 unspecified atom stereocenters. The van der Waals surface area contributed by atoms with Crippen molar-refractivity contribution in [3.8, 4) is 0 Å². The molecule has 0 heterocycles. The number of hydrogen-bond donors (Lipinski definition) is 0. The molecule has 0 aromatic rings. The molecule has 4 aliphatic carbocycles. The van der Waals surface area contributed by atoms with Gasteiger partial charge in [-0.1, -0.05) is 0 Å². The molecule has 0 aromatic carbocycles. The first-order valence-corrected chi connectivity index (χ1v) is 7.78. The normalized spacial score (nSPS) is 52.7. The van der Waals surface area contributed by atoms with Crippen molar-refractivity contribution in [2.45, 2.75) is 64.6 Å². The van der Waals surface area contributed by atoms with Gasteiger partial charge in [0.1, 0.15) is 0 Å². The molecule has 0 spiro atoms. The first-order chi connectivity index (χ1) is 14.0. The summed E-state index contributed by atoms with van der Waals surface area (Å²) in [5.41, 5.74) is -39.0. The molecular formula is C13F20. The highest BCUT2D eigenvalue weighted by Gasteiger charge is 3.39. The van der Waals surface area contributed by atoms with Gasteiger partial charge in [0.05, 0.1) is 0 Å². The monoisotopic (exact) mass is 536 g/mol. The average molecular weight is 536 g/mol. The number of alkyl halides is 20. The SMILES string of the molecule is FC(F)(F)C1(F)C(F)(F)C2(F)C(F)(F)C(F)(F)C(F)(F)C(F)(F)C2(F)C23C(F)(F)C12C3(F)F. The maximum absolute atomic E-state index is 15.2. The molecule has 33 heavy (non-hydrogen) atoms. The number of fused-ring (bicyclic) bond motifs is 1. The van der Waals surface area contributed by atoms with Crippen LogP contribution in [0.3, 0.4) is 0 Å². The minimum absolute atomic E-state index is 6.87. The molecule has 20 heteroatoms. The Labute approximate surface area is 164 Å². The molecule has 4 rings (SSSR count). The third kappa shape index (κ3) is 1.30. The van der Waals surface area contributed by atoms with Crippen molar-refractivity contribution in [2.24, 2.45) is 10.8 Å². The Balaban J connectivity index is 2.32. The lowest BCUT2D eigenvalue weighted by Gasteiger charge is -2.60. The van der Waals surface area contributed by atoms with E-state index >= 15 is 4.39 Å². The molecule has 192 valence electrons. The molecule has 0 nitrogen and oxygen atoms in total. The summed E-state index contributed by atoms with van der Waals surface area (Å²) < 4.78 is 280. The van der Waals surface area contributed by atoms with Crippen LogP contribution in [-0.2, 0) is 0 Å². The fourth-order valence-electron chi connectivity index (χ4n) is 5.72. The summed E-state index contributed by atoms with van der Waals surface area (Å²) in [6, 6.07) is 0. The molecule has 0 radical (unpaired) electrons. The largest absolute Gasteiger partial charge is 0.429 e. The van der Waals surface area contributed by atoms with E-state index in [9.17, 15) is 83.4 Å². The van der Waals surface area contributed by atoms with Crippen LogP contribution < -0.4 is 0 Å². The van der Waals surface area contributed by atoms with Gasteiger partial charge in [0.25, 0.3) is 23.2 Å². The molecule has 4 fully saturated rings. The second-order valence-electron chi connectivity index (χ2n) is 7.99. The Kier molecular flexibility index (Phi) is 3.42. The van der Waals surface area contributed by atoms with Gasteiger partial charge in [-0.2, -0.15) is 57.1 Å². The molecule has 3 atom stereocenters. The molecule has 0 aliphatic heterocycles. The van der Waals surface area contributed by atoms with E-state index in [1.807, 2.05) is 0 Å². The second kappa shape index (κ2) is 4.57. The number of halogens is 20. The third-order valence-electron chi connectivity index (χ3n) is 7.13. The van der Waals surface area contributed by atoms with Gasteiger partial charge in [0, 0.05) is 0 Å². The Morgan fingerprint density at radius 3 is 0.909 bits per heavy atom. The van der Waals surface area contributed by atoms with E-state index < -0.39 is 75.5 Å². The lowest BCUT2D eigenvalue weighted by molar-refractivity contribution is -0.512. The summed E-state index contributed by atoms with van der Waals surface area (Å²) in [7, 11) is 0. The predicted molar refractivity (Wildman–Crippen MR) is 57.1 cm³/mol. The van der Waals surface area contributed by atoms with Crippen LogP contribution in [0.25, 0.3) is 0 Å². The topological polar surface area (TPSA) is 0 Å². The fraction of sp³-hybridized carbons (Fsp3) is 1.00. The Morgan fingerprint density at radius 2 is 0.606 bits per heavy atom. The molecule has 0 bridgehead atoms. The molecular weight excluding hydrogens is 536 g/mol. The lowest BCUT2D eigenvalue weighted by atomic mass is 9.54. The van der Waals surface area contributed by atoms with Crippen LogP contribution >= 0.6 is 0 Å². The highest BCUT2D eigenvalue weighted by Crippen LogP contribution is 3.13. The molecule has 0 saturated heterocycles. The number of rotatable bonds is 0. The van der Waals surface area contributed by atoms with Crippen molar-refractivity contribution in [3.05, 3.63) is 0 Å². The van der Waals surface area contributed by atoms with E-state index in [0.717, 1.165) is 0 Å². The summed E-state index contributed by atoms with van der Waals surface area (Å²) in [5, 5.41) is 0. The second-order valence-corrected chi connectivity index (χ2v) is 7.99. The van der Waals surface area contributed by atoms with Crippen molar-refractivity contribution in [3.63, 3.8) is 0 Å². The maximum atomic E-state index is 15.2. The van der Waals surface area contributed by atoms with Gasteiger partial charge in [-0.15, -0.1) is 0 Å². The van der Waals surface area contributed by atoms with Gasteiger partial charge >= 0.3 is 35.8 Å². The molecule has 0 N–H and O–H groups in total. The summed E-state index contributed by atoms with van der Waals surface area (Å²) in [4.78, 5) is 0. The molecule has 4 aliphatic rings. The zero-order valence-electron chi connectivity index (χ0n) is 14.1. The fourth-order valence-corrected chi connectivity index (χ4v) is 5.72. The van der Waals surface area contributed by atoms with Gasteiger partial charge < -0.3 is 0 Å². The van der Waals surface area contributed by atoms with Gasteiger partial charge in [0.15, 0.2) is 10.8 Å². The van der Waals surface area contributed by atoms with Crippen LogP contribution in [0.4, 0.5) is 87.8 Å². The Hall–Kier alpha value is -1.40. The van der Waals surface area contributed by atoms with Crippen LogP contribution in [-0.4, -0.2) is 64.6 Å². The quantitative estimate of drug-likeness (QED) is 0.326. The van der Waals surface area contributed by atoms with Crippen molar-refractivity contribution in [1.29, 1.82) is 0 Å². The standard InChI is InChI=1S/C13F20/c14-3-1-2(6(1,17)18,7(1,19)20)4(15,13(31,32)33)8(21,22)5(3,16)10(25,26)12(29,30)11(27,28)9(3,23)24. The van der Waals surface area contributed by atoms with E-state index in [2.05, 4.69) is 0 Å². The average Bonchev–Trinajstić information content (AvgIpc) is 3.32. The summed E-state index contributed by atoms with van der Waals surface area (Å²) in [5.74, 6) is -56.3. The summed E-state index contributed by atoms with van der Waals surface area (Å²) in [6.45, 7) is 0. The molecule has 0 amide bonds. The zero-order valence-corrected chi connectivity index (χ0v) is 14.1. The smallest absolute Gasteiger partial charge is 0.232 e. The van der Waals surface area contributed by atoms with Crippen LogP contribution in [0.5, 0.6) is 0 Å². The van der Waals surface area contributed by atoms with Crippen molar-refractivity contribution in [1.82, 2.24) is 0 Å². The van der Waals surface area contributed by atoms with Gasteiger partial charge in [0.2, 0.25) is 5.67 Å². The first kappa shape index (κ1) is 24.7. The molecule has 0 aromatic heterocycles. The third-order valence-corrected chi connectivity index (χ3v) is 7.13. The van der Waals surface area contributed by atoms with Crippen molar-refractivity contribution >= 4 is 0 Å². The summed E-state index contributed by atoms with van der Waals surface area (Å²) >= 11 is 0. The summed E-state index contributed by atoms with van der Waals surface area (Å²) in [6.07, 6.45) is -8.08. The first-order valence-electron chi connectivity index (χ1n) is 7.78. The van der Waals surface area contributed by atoms with E-state index in [0.29, 0.717) is 0 Å². The number of hydrogen-bond acceptors (Lipinski definition) is 0. The van der Waals surface area contributed by atoms with E-state index in [4.69, 9.17) is 0 Å². The van der Waals surface area contributed by atoms with Crippen LogP contribution in [0.1, 0.15) is 0 Å². The Morgan fingerprint density at radius 1 is 0.303 bits per heavy atom. The Bertz CT molecular complexity index is 955. The van der Waals surface area contributed by atoms with E-state index in [1.54, 1.807) is 0 Å². The van der Waals surface area contributed by atoms with Crippen molar-refractivity contribution < 1.29 is 87.8 Å². The van der Waals surface area contributed by atoms with Crippen LogP contribution in [0.15, 0.2) is 0 Å². The van der Waals surface area contributed by atoms with Crippen LogP contribution in [0, 0.1) is 10.8 Å². The maximum Gasteiger partial charge on any atom is 0.429 e.